The fraction of sp³-hybridized carbons (Fsp3) is 0.917. The molecule has 2 unspecified atom stereocenters. The second kappa shape index (κ2) is 6.11. The summed E-state index contributed by atoms with van der Waals surface area (Å²) in [6.45, 7) is 5.17. The van der Waals surface area contributed by atoms with Gasteiger partial charge in [0.15, 0.2) is 0 Å². The van der Waals surface area contributed by atoms with E-state index in [1.54, 1.807) is 0 Å². The fourth-order valence-corrected chi connectivity index (χ4v) is 2.46. The average Bonchev–Trinajstić information content (AvgIpc) is 2.39. The van der Waals surface area contributed by atoms with Crippen LogP contribution >= 0.6 is 0 Å². The Morgan fingerprint density at radius 2 is 2.20 bits per heavy atom. The van der Waals surface area contributed by atoms with Crippen molar-refractivity contribution in [3.05, 3.63) is 0 Å². The first-order valence-electron chi connectivity index (χ1n) is 6.15. The molecule has 1 aliphatic heterocycles. The van der Waals surface area contributed by atoms with E-state index < -0.39 is 5.97 Å². The lowest BCUT2D eigenvalue weighted by atomic mass is 10.1. The number of likely N-dealkylation sites (tertiary alicyclic amines) is 1. The lowest BCUT2D eigenvalue weighted by Crippen LogP contribution is -2.46. The van der Waals surface area contributed by atoms with E-state index in [2.05, 4.69) is 18.7 Å². The molecule has 1 heterocycles. The molecule has 1 rings (SSSR count). The molecule has 88 valence electrons. The normalized spacial score (nSPS) is 25.9. The van der Waals surface area contributed by atoms with Crippen LogP contribution in [-0.2, 0) is 4.79 Å². The Morgan fingerprint density at radius 3 is 2.80 bits per heavy atom. The molecule has 0 bridgehead atoms. The lowest BCUT2D eigenvalue weighted by molar-refractivity contribution is -0.144. The Balaban J connectivity index is 2.65. The summed E-state index contributed by atoms with van der Waals surface area (Å²) in [6.07, 6.45) is 6.51. The van der Waals surface area contributed by atoms with Crippen LogP contribution in [0.15, 0.2) is 0 Å². The minimum atomic E-state index is -0.648. The van der Waals surface area contributed by atoms with Crippen LogP contribution in [-0.4, -0.2) is 34.6 Å². The van der Waals surface area contributed by atoms with Crippen LogP contribution in [0.2, 0.25) is 0 Å². The van der Waals surface area contributed by atoms with Gasteiger partial charge in [-0.3, -0.25) is 9.69 Å². The van der Waals surface area contributed by atoms with Crippen molar-refractivity contribution in [2.24, 2.45) is 0 Å². The lowest BCUT2D eigenvalue weighted by Gasteiger charge is -2.32. The first-order valence-corrected chi connectivity index (χ1v) is 6.15. The Bertz CT molecular complexity index is 206. The first-order chi connectivity index (χ1) is 7.16. The maximum atomic E-state index is 11.2. The molecule has 1 saturated heterocycles. The Kier molecular flexibility index (Phi) is 5.09. The standard InChI is InChI=1S/C12H23NO2/c1-3-7-11(12(14)15)13-9-6-4-5-8-10(13)2/h10-11H,3-9H2,1-2H3,(H,14,15). The molecule has 0 saturated carbocycles. The van der Waals surface area contributed by atoms with Crippen molar-refractivity contribution in [1.82, 2.24) is 4.90 Å². The van der Waals surface area contributed by atoms with Crippen molar-refractivity contribution in [3.63, 3.8) is 0 Å². The molecule has 0 amide bonds. The summed E-state index contributed by atoms with van der Waals surface area (Å²) in [5.41, 5.74) is 0. The summed E-state index contributed by atoms with van der Waals surface area (Å²) < 4.78 is 0. The molecule has 1 N–H and O–H groups in total. The highest BCUT2D eigenvalue weighted by atomic mass is 16.4. The van der Waals surface area contributed by atoms with Crippen molar-refractivity contribution < 1.29 is 9.90 Å². The molecule has 0 aromatic rings. The van der Waals surface area contributed by atoms with Crippen LogP contribution in [0.4, 0.5) is 0 Å². The van der Waals surface area contributed by atoms with Gasteiger partial charge in [0.25, 0.3) is 0 Å². The number of hydrogen-bond donors (Lipinski definition) is 1. The fourth-order valence-electron chi connectivity index (χ4n) is 2.46. The van der Waals surface area contributed by atoms with Crippen LogP contribution in [0.1, 0.15) is 52.4 Å². The van der Waals surface area contributed by atoms with Gasteiger partial charge in [0.1, 0.15) is 6.04 Å². The van der Waals surface area contributed by atoms with Gasteiger partial charge in [-0.1, -0.05) is 26.2 Å². The summed E-state index contributed by atoms with van der Waals surface area (Å²) >= 11 is 0. The molecular formula is C12H23NO2. The molecular weight excluding hydrogens is 190 g/mol. The average molecular weight is 213 g/mol. The summed E-state index contributed by atoms with van der Waals surface area (Å²) in [5.74, 6) is -0.648. The van der Waals surface area contributed by atoms with Gasteiger partial charge < -0.3 is 5.11 Å². The minimum Gasteiger partial charge on any atom is -0.480 e. The summed E-state index contributed by atoms with van der Waals surface area (Å²) in [7, 11) is 0. The van der Waals surface area contributed by atoms with Gasteiger partial charge in [0, 0.05) is 6.04 Å². The molecule has 0 spiro atoms. The highest BCUT2D eigenvalue weighted by Gasteiger charge is 2.29. The SMILES string of the molecule is CCCC(C(=O)O)N1CCCCCC1C. The van der Waals surface area contributed by atoms with E-state index in [-0.39, 0.29) is 6.04 Å². The van der Waals surface area contributed by atoms with E-state index in [9.17, 15) is 9.90 Å². The molecule has 0 radical (unpaired) electrons. The van der Waals surface area contributed by atoms with Gasteiger partial charge in [0.2, 0.25) is 0 Å². The van der Waals surface area contributed by atoms with E-state index in [0.717, 1.165) is 32.2 Å². The van der Waals surface area contributed by atoms with Crippen molar-refractivity contribution in [2.45, 2.75) is 64.5 Å². The molecule has 0 aromatic heterocycles. The third-order valence-corrected chi connectivity index (χ3v) is 3.35. The van der Waals surface area contributed by atoms with Gasteiger partial charge >= 0.3 is 5.97 Å². The van der Waals surface area contributed by atoms with E-state index in [1.807, 2.05) is 0 Å². The number of carboxylic acids is 1. The predicted molar refractivity (Wildman–Crippen MR) is 61.0 cm³/mol. The monoisotopic (exact) mass is 213 g/mol. The molecule has 1 fully saturated rings. The maximum Gasteiger partial charge on any atom is 0.320 e. The number of rotatable bonds is 4. The molecule has 1 aliphatic rings. The summed E-state index contributed by atoms with van der Waals surface area (Å²) in [5, 5.41) is 9.22. The highest BCUT2D eigenvalue weighted by Crippen LogP contribution is 2.21. The Morgan fingerprint density at radius 1 is 1.47 bits per heavy atom. The summed E-state index contributed by atoms with van der Waals surface area (Å²) in [6, 6.07) is 0.170. The number of carboxylic acid groups (broad SMARTS) is 1. The van der Waals surface area contributed by atoms with Crippen LogP contribution in [0.5, 0.6) is 0 Å². The minimum absolute atomic E-state index is 0.261. The van der Waals surface area contributed by atoms with E-state index in [0.29, 0.717) is 6.04 Å². The smallest absolute Gasteiger partial charge is 0.320 e. The third-order valence-electron chi connectivity index (χ3n) is 3.35. The Labute approximate surface area is 92.5 Å². The summed E-state index contributed by atoms with van der Waals surface area (Å²) in [4.78, 5) is 13.4. The highest BCUT2D eigenvalue weighted by molar-refractivity contribution is 5.73. The second-order valence-corrected chi connectivity index (χ2v) is 4.58. The van der Waals surface area contributed by atoms with Crippen LogP contribution in [0, 0.1) is 0 Å². The zero-order valence-electron chi connectivity index (χ0n) is 9.91. The van der Waals surface area contributed by atoms with Crippen LogP contribution < -0.4 is 0 Å². The quantitative estimate of drug-likeness (QED) is 0.780. The van der Waals surface area contributed by atoms with Crippen molar-refractivity contribution >= 4 is 5.97 Å². The van der Waals surface area contributed by atoms with E-state index in [1.165, 1.54) is 12.8 Å². The number of aliphatic carboxylic acids is 1. The third kappa shape index (κ3) is 3.49. The van der Waals surface area contributed by atoms with Crippen LogP contribution in [0.25, 0.3) is 0 Å². The van der Waals surface area contributed by atoms with Crippen LogP contribution in [0.3, 0.4) is 0 Å². The zero-order chi connectivity index (χ0) is 11.3. The van der Waals surface area contributed by atoms with Gasteiger partial charge in [-0.05, 0) is 32.7 Å². The predicted octanol–water partition coefficient (Wildman–Crippen LogP) is 2.50. The molecule has 15 heavy (non-hydrogen) atoms. The van der Waals surface area contributed by atoms with Gasteiger partial charge in [-0.15, -0.1) is 0 Å². The number of nitrogens with zero attached hydrogens (tertiary/aromatic N) is 1. The topological polar surface area (TPSA) is 40.5 Å². The first kappa shape index (κ1) is 12.5. The number of hydrogen-bond acceptors (Lipinski definition) is 2. The maximum absolute atomic E-state index is 11.2. The van der Waals surface area contributed by atoms with E-state index >= 15 is 0 Å². The van der Waals surface area contributed by atoms with Crippen molar-refractivity contribution in [3.8, 4) is 0 Å². The molecule has 0 aliphatic carbocycles. The van der Waals surface area contributed by atoms with Gasteiger partial charge in [-0.25, -0.2) is 0 Å². The van der Waals surface area contributed by atoms with Crippen molar-refractivity contribution in [1.29, 1.82) is 0 Å². The van der Waals surface area contributed by atoms with Gasteiger partial charge in [-0.2, -0.15) is 0 Å². The van der Waals surface area contributed by atoms with E-state index in [4.69, 9.17) is 0 Å². The second-order valence-electron chi connectivity index (χ2n) is 4.58. The zero-order valence-corrected chi connectivity index (χ0v) is 9.91. The molecule has 2 atom stereocenters. The Hall–Kier alpha value is -0.570. The molecule has 3 heteroatoms. The molecule has 3 nitrogen and oxygen atoms in total. The van der Waals surface area contributed by atoms with Crippen molar-refractivity contribution in [2.75, 3.05) is 6.54 Å². The van der Waals surface area contributed by atoms with Gasteiger partial charge in [0.05, 0.1) is 0 Å². The largest absolute Gasteiger partial charge is 0.480 e. The number of carbonyl (C=O) groups is 1. The molecule has 0 aromatic carbocycles.